The predicted molar refractivity (Wildman–Crippen MR) is 64.8 cm³/mol. The molecule has 3 nitrogen and oxygen atoms in total. The van der Waals surface area contributed by atoms with Crippen molar-refractivity contribution in [3.05, 3.63) is 29.8 Å². The molecule has 0 spiro atoms. The van der Waals surface area contributed by atoms with Crippen molar-refractivity contribution in [2.45, 2.75) is 19.4 Å². The van der Waals surface area contributed by atoms with Crippen LogP contribution in [0, 0.1) is 6.92 Å². The van der Waals surface area contributed by atoms with E-state index in [2.05, 4.69) is 36.1 Å². The Labute approximate surface area is 96.6 Å². The summed E-state index contributed by atoms with van der Waals surface area (Å²) < 4.78 is 5.54. The average Bonchev–Trinajstić information content (AvgIpc) is 2.75. The smallest absolute Gasteiger partial charge is 0.0767 e. The van der Waals surface area contributed by atoms with Gasteiger partial charge < -0.3 is 14.7 Å². The maximum atomic E-state index is 8.71. The third-order valence-corrected chi connectivity index (χ3v) is 2.96. The Morgan fingerprint density at radius 1 is 1.50 bits per heavy atom. The first-order valence-electron chi connectivity index (χ1n) is 5.83. The Balaban J connectivity index is 1.93. The molecule has 0 unspecified atom stereocenters. The molecular formula is C13H19NO2. The summed E-state index contributed by atoms with van der Waals surface area (Å²) in [7, 11) is 0. The molecular weight excluding hydrogens is 202 g/mol. The van der Waals surface area contributed by atoms with Crippen LogP contribution in [0.4, 0.5) is 5.69 Å². The third-order valence-electron chi connectivity index (χ3n) is 2.96. The number of rotatable bonds is 4. The van der Waals surface area contributed by atoms with Crippen molar-refractivity contribution in [3.63, 3.8) is 0 Å². The van der Waals surface area contributed by atoms with Gasteiger partial charge in [-0.15, -0.1) is 0 Å². The highest BCUT2D eigenvalue weighted by molar-refractivity contribution is 5.49. The van der Waals surface area contributed by atoms with Crippen LogP contribution in [-0.2, 0) is 4.74 Å². The first-order chi connectivity index (χ1) is 7.79. The molecule has 0 amide bonds. The highest BCUT2D eigenvalue weighted by Gasteiger charge is 2.22. The van der Waals surface area contributed by atoms with E-state index in [4.69, 9.17) is 9.84 Å². The van der Waals surface area contributed by atoms with E-state index in [-0.39, 0.29) is 12.7 Å². The van der Waals surface area contributed by atoms with Crippen LogP contribution in [0.5, 0.6) is 0 Å². The van der Waals surface area contributed by atoms with E-state index in [1.165, 1.54) is 11.3 Å². The van der Waals surface area contributed by atoms with Crippen molar-refractivity contribution in [2.24, 2.45) is 0 Å². The summed E-state index contributed by atoms with van der Waals surface area (Å²) in [5.41, 5.74) is 2.56. The van der Waals surface area contributed by atoms with Crippen LogP contribution < -0.4 is 4.90 Å². The second kappa shape index (κ2) is 5.32. The van der Waals surface area contributed by atoms with E-state index in [1.807, 2.05) is 0 Å². The summed E-state index contributed by atoms with van der Waals surface area (Å²) >= 11 is 0. The minimum Gasteiger partial charge on any atom is -0.394 e. The van der Waals surface area contributed by atoms with Crippen LogP contribution in [0.15, 0.2) is 24.3 Å². The lowest BCUT2D eigenvalue weighted by Crippen LogP contribution is -2.23. The second-order valence-corrected chi connectivity index (χ2v) is 4.29. The number of hydrogen-bond acceptors (Lipinski definition) is 3. The maximum absolute atomic E-state index is 8.71. The zero-order valence-electron chi connectivity index (χ0n) is 9.72. The molecule has 88 valence electrons. The topological polar surface area (TPSA) is 32.7 Å². The molecule has 0 radical (unpaired) electrons. The van der Waals surface area contributed by atoms with Crippen molar-refractivity contribution >= 4 is 5.69 Å². The molecule has 1 aliphatic rings. The van der Waals surface area contributed by atoms with Gasteiger partial charge in [0.2, 0.25) is 0 Å². The van der Waals surface area contributed by atoms with Crippen LogP contribution in [0.25, 0.3) is 0 Å². The van der Waals surface area contributed by atoms with E-state index in [0.717, 1.165) is 19.5 Å². The third kappa shape index (κ3) is 2.74. The van der Waals surface area contributed by atoms with Gasteiger partial charge in [-0.2, -0.15) is 0 Å². The lowest BCUT2D eigenvalue weighted by atomic mass is 10.2. The van der Waals surface area contributed by atoms with E-state index < -0.39 is 0 Å². The summed E-state index contributed by atoms with van der Waals surface area (Å²) in [6.07, 6.45) is 1.32. The number of ether oxygens (including phenoxy) is 1. The van der Waals surface area contributed by atoms with Crippen molar-refractivity contribution in [2.75, 3.05) is 31.2 Å². The summed E-state index contributed by atoms with van der Waals surface area (Å²) in [5.74, 6) is 0. The Morgan fingerprint density at radius 2 is 2.38 bits per heavy atom. The molecule has 1 atom stereocenters. The van der Waals surface area contributed by atoms with Crippen LogP contribution in [0.1, 0.15) is 12.0 Å². The van der Waals surface area contributed by atoms with Gasteiger partial charge in [0.25, 0.3) is 0 Å². The molecule has 1 aromatic carbocycles. The van der Waals surface area contributed by atoms with Gasteiger partial charge in [-0.25, -0.2) is 0 Å². The first kappa shape index (κ1) is 11.4. The molecule has 1 N–H and O–H groups in total. The molecule has 1 saturated heterocycles. The van der Waals surface area contributed by atoms with Gasteiger partial charge in [-0.1, -0.05) is 12.1 Å². The highest BCUT2D eigenvalue weighted by Crippen LogP contribution is 2.22. The zero-order valence-corrected chi connectivity index (χ0v) is 9.72. The fourth-order valence-electron chi connectivity index (χ4n) is 2.14. The van der Waals surface area contributed by atoms with E-state index >= 15 is 0 Å². The van der Waals surface area contributed by atoms with Crippen LogP contribution in [0.2, 0.25) is 0 Å². The molecule has 1 aromatic rings. The van der Waals surface area contributed by atoms with Crippen LogP contribution >= 0.6 is 0 Å². The lowest BCUT2D eigenvalue weighted by Gasteiger charge is -2.19. The largest absolute Gasteiger partial charge is 0.394 e. The van der Waals surface area contributed by atoms with Crippen molar-refractivity contribution in [1.29, 1.82) is 0 Å². The fraction of sp³-hybridized carbons (Fsp3) is 0.538. The average molecular weight is 221 g/mol. The van der Waals surface area contributed by atoms with E-state index in [0.29, 0.717) is 6.61 Å². The molecule has 2 rings (SSSR count). The number of aliphatic hydroxyl groups is 1. The summed E-state index contributed by atoms with van der Waals surface area (Å²) in [6, 6.07) is 8.54. The first-order valence-corrected chi connectivity index (χ1v) is 5.83. The summed E-state index contributed by atoms with van der Waals surface area (Å²) in [6.45, 7) is 4.65. The summed E-state index contributed by atoms with van der Waals surface area (Å²) in [4.78, 5) is 2.34. The van der Waals surface area contributed by atoms with Gasteiger partial charge >= 0.3 is 0 Å². The quantitative estimate of drug-likeness (QED) is 0.838. The van der Waals surface area contributed by atoms with Crippen LogP contribution in [-0.4, -0.2) is 37.5 Å². The Kier molecular flexibility index (Phi) is 3.80. The molecule has 1 fully saturated rings. The number of benzene rings is 1. The van der Waals surface area contributed by atoms with Crippen molar-refractivity contribution in [3.8, 4) is 0 Å². The molecule has 0 aliphatic carbocycles. The molecule has 0 saturated carbocycles. The number of aliphatic hydroxyl groups excluding tert-OH is 1. The van der Waals surface area contributed by atoms with Crippen LogP contribution in [0.3, 0.4) is 0 Å². The zero-order chi connectivity index (χ0) is 11.4. The van der Waals surface area contributed by atoms with Gasteiger partial charge in [0.05, 0.1) is 19.3 Å². The number of hydrogen-bond donors (Lipinski definition) is 1. The molecule has 3 heteroatoms. The fourth-order valence-corrected chi connectivity index (χ4v) is 2.14. The number of nitrogens with zero attached hydrogens (tertiary/aromatic N) is 1. The number of anilines is 1. The Bertz CT molecular complexity index is 340. The Hall–Kier alpha value is -1.06. The van der Waals surface area contributed by atoms with Gasteiger partial charge in [-0.05, 0) is 31.0 Å². The normalized spacial score (nSPS) is 20.4. The maximum Gasteiger partial charge on any atom is 0.0767 e. The highest BCUT2D eigenvalue weighted by atomic mass is 16.5. The number of aryl methyl sites for hydroxylation is 1. The van der Waals surface area contributed by atoms with Gasteiger partial charge in [-0.3, -0.25) is 0 Å². The van der Waals surface area contributed by atoms with Crippen molar-refractivity contribution in [1.82, 2.24) is 0 Å². The molecule has 1 aliphatic heterocycles. The monoisotopic (exact) mass is 221 g/mol. The standard InChI is InChI=1S/C13H19NO2/c1-11-3-2-4-12(9-11)14-6-5-13(10-14)16-8-7-15/h2-4,9,13,15H,5-8,10H2,1H3/t13-/m0/s1. The summed E-state index contributed by atoms with van der Waals surface area (Å²) in [5, 5.41) is 8.71. The Morgan fingerprint density at radius 3 is 3.12 bits per heavy atom. The van der Waals surface area contributed by atoms with E-state index in [1.54, 1.807) is 0 Å². The van der Waals surface area contributed by atoms with Gasteiger partial charge in [0.1, 0.15) is 0 Å². The molecule has 1 heterocycles. The van der Waals surface area contributed by atoms with Gasteiger partial charge in [0.15, 0.2) is 0 Å². The molecule has 0 aromatic heterocycles. The van der Waals surface area contributed by atoms with Gasteiger partial charge in [0, 0.05) is 18.8 Å². The van der Waals surface area contributed by atoms with E-state index in [9.17, 15) is 0 Å². The minimum atomic E-state index is 0.112. The minimum absolute atomic E-state index is 0.112. The second-order valence-electron chi connectivity index (χ2n) is 4.29. The SMILES string of the molecule is Cc1cccc(N2CC[C@H](OCCO)C2)c1. The van der Waals surface area contributed by atoms with Crippen molar-refractivity contribution < 1.29 is 9.84 Å². The molecule has 0 bridgehead atoms. The lowest BCUT2D eigenvalue weighted by molar-refractivity contribution is 0.0411. The predicted octanol–water partition coefficient (Wildman–Crippen LogP) is 1.58. The molecule has 16 heavy (non-hydrogen) atoms.